The highest BCUT2D eigenvalue weighted by Gasteiger charge is 2.39. The van der Waals surface area contributed by atoms with Gasteiger partial charge in [0.15, 0.2) is 0 Å². The van der Waals surface area contributed by atoms with E-state index >= 15 is 0 Å². The van der Waals surface area contributed by atoms with Gasteiger partial charge in [-0.1, -0.05) is 0 Å². The lowest BCUT2D eigenvalue weighted by atomic mass is 9.89. The fourth-order valence-electron chi connectivity index (χ4n) is 3.48. The molecule has 2 atom stereocenters. The molecule has 0 aromatic heterocycles. The summed E-state index contributed by atoms with van der Waals surface area (Å²) in [5.41, 5.74) is 7.95. The van der Waals surface area contributed by atoms with Crippen LogP contribution in [0.15, 0.2) is 24.3 Å². The molecule has 0 radical (unpaired) electrons. The predicted octanol–water partition coefficient (Wildman–Crippen LogP) is 2.33. The molecule has 3 saturated heterocycles. The summed E-state index contributed by atoms with van der Waals surface area (Å²) in [7, 11) is 0. The summed E-state index contributed by atoms with van der Waals surface area (Å²) < 4.78 is 0. The first-order valence-electron chi connectivity index (χ1n) is 7.03. The van der Waals surface area contributed by atoms with Crippen LogP contribution in [0.2, 0.25) is 0 Å². The number of nitrogen functional groups attached to an aromatic ring is 1. The first-order valence-corrected chi connectivity index (χ1v) is 7.03. The predicted molar refractivity (Wildman–Crippen MR) is 76.9 cm³/mol. The maximum atomic E-state index is 5.77. The average molecular weight is 245 g/mol. The molecule has 18 heavy (non-hydrogen) atoms. The number of nitrogens with two attached hydrogens (primary N) is 1. The molecule has 3 heteroatoms. The Morgan fingerprint density at radius 1 is 1.06 bits per heavy atom. The molecular formula is C15H23N3. The number of nitrogens with zero attached hydrogens (tertiary/aromatic N) is 2. The van der Waals surface area contributed by atoms with Crippen LogP contribution in [-0.4, -0.2) is 36.1 Å². The molecule has 0 spiro atoms. The van der Waals surface area contributed by atoms with Gasteiger partial charge in [-0.05, 0) is 51.0 Å². The molecule has 3 fully saturated rings. The summed E-state index contributed by atoms with van der Waals surface area (Å²) in [5, 5.41) is 0. The van der Waals surface area contributed by atoms with Crippen molar-refractivity contribution < 1.29 is 0 Å². The Balaban J connectivity index is 1.79. The lowest BCUT2D eigenvalue weighted by molar-refractivity contribution is 0.0674. The highest BCUT2D eigenvalue weighted by Crippen LogP contribution is 2.33. The van der Waals surface area contributed by atoms with Crippen LogP contribution in [0.25, 0.3) is 0 Å². The van der Waals surface area contributed by atoms with Crippen molar-refractivity contribution in [3.63, 3.8) is 0 Å². The van der Waals surface area contributed by atoms with Crippen molar-refractivity contribution in [2.75, 3.05) is 23.7 Å². The van der Waals surface area contributed by atoms with Gasteiger partial charge in [0.05, 0.1) is 0 Å². The standard InChI is InChI=1S/C15H23N3/c1-11(2)17-9-15-8-7-14(17)10-18(15)13-5-3-12(16)4-6-13/h3-6,11,14-15H,7-10,16H2,1-2H3. The van der Waals surface area contributed by atoms with E-state index in [2.05, 4.69) is 35.8 Å². The van der Waals surface area contributed by atoms with Crippen molar-refractivity contribution in [2.45, 2.75) is 44.8 Å². The number of anilines is 2. The lowest BCUT2D eigenvalue weighted by Crippen LogP contribution is -2.64. The smallest absolute Gasteiger partial charge is 0.0418 e. The van der Waals surface area contributed by atoms with Crippen molar-refractivity contribution in [3.05, 3.63) is 24.3 Å². The fourth-order valence-corrected chi connectivity index (χ4v) is 3.48. The number of piperidine rings is 2. The summed E-state index contributed by atoms with van der Waals surface area (Å²) in [5.74, 6) is 0. The molecule has 2 unspecified atom stereocenters. The number of rotatable bonds is 2. The molecule has 2 bridgehead atoms. The Morgan fingerprint density at radius 3 is 2.28 bits per heavy atom. The van der Waals surface area contributed by atoms with E-state index in [1.165, 1.54) is 31.6 Å². The molecule has 1 aromatic rings. The zero-order chi connectivity index (χ0) is 12.7. The Bertz CT molecular complexity index is 412. The van der Waals surface area contributed by atoms with E-state index in [1.807, 2.05) is 12.1 Å². The molecule has 3 heterocycles. The van der Waals surface area contributed by atoms with E-state index in [9.17, 15) is 0 Å². The van der Waals surface area contributed by atoms with Crippen molar-refractivity contribution in [3.8, 4) is 0 Å². The Hall–Kier alpha value is -1.22. The monoisotopic (exact) mass is 245 g/mol. The average Bonchev–Trinajstić information content (AvgIpc) is 2.40. The zero-order valence-electron chi connectivity index (χ0n) is 11.3. The normalized spacial score (nSPS) is 28.1. The van der Waals surface area contributed by atoms with Crippen LogP contribution in [0.3, 0.4) is 0 Å². The third kappa shape index (κ3) is 1.97. The van der Waals surface area contributed by atoms with Gasteiger partial charge in [-0.25, -0.2) is 0 Å². The molecule has 98 valence electrons. The number of piperazine rings is 1. The molecule has 1 aromatic carbocycles. The summed E-state index contributed by atoms with van der Waals surface area (Å²) in [6.45, 7) is 7.02. The molecule has 3 aliphatic heterocycles. The molecule has 4 rings (SSSR count). The third-order valence-corrected chi connectivity index (χ3v) is 4.46. The van der Waals surface area contributed by atoms with Crippen molar-refractivity contribution >= 4 is 11.4 Å². The van der Waals surface area contributed by atoms with Crippen LogP contribution in [0.1, 0.15) is 26.7 Å². The van der Waals surface area contributed by atoms with Crippen molar-refractivity contribution in [1.82, 2.24) is 4.90 Å². The molecule has 3 nitrogen and oxygen atoms in total. The van der Waals surface area contributed by atoms with Gasteiger partial charge in [-0.3, -0.25) is 4.90 Å². The molecular weight excluding hydrogens is 222 g/mol. The van der Waals surface area contributed by atoms with E-state index in [4.69, 9.17) is 5.73 Å². The second-order valence-corrected chi connectivity index (χ2v) is 5.92. The topological polar surface area (TPSA) is 32.5 Å². The van der Waals surface area contributed by atoms with Crippen molar-refractivity contribution in [2.24, 2.45) is 0 Å². The van der Waals surface area contributed by atoms with Crippen LogP contribution in [0.5, 0.6) is 0 Å². The van der Waals surface area contributed by atoms with Crippen LogP contribution < -0.4 is 10.6 Å². The number of hydrogen-bond acceptors (Lipinski definition) is 3. The van der Waals surface area contributed by atoms with Gasteiger partial charge in [0.2, 0.25) is 0 Å². The summed E-state index contributed by atoms with van der Waals surface area (Å²) in [6, 6.07) is 10.4. The third-order valence-electron chi connectivity index (χ3n) is 4.46. The maximum absolute atomic E-state index is 5.77. The first kappa shape index (κ1) is 11.8. The largest absolute Gasteiger partial charge is 0.399 e. The second-order valence-electron chi connectivity index (χ2n) is 5.92. The molecule has 3 aliphatic rings. The van der Waals surface area contributed by atoms with E-state index in [0.717, 1.165) is 11.7 Å². The summed E-state index contributed by atoms with van der Waals surface area (Å²) in [6.07, 6.45) is 2.69. The van der Waals surface area contributed by atoms with E-state index in [1.54, 1.807) is 0 Å². The van der Waals surface area contributed by atoms with Gasteiger partial charge in [-0.15, -0.1) is 0 Å². The van der Waals surface area contributed by atoms with E-state index in [-0.39, 0.29) is 0 Å². The Labute approximate surface area is 110 Å². The quantitative estimate of drug-likeness (QED) is 0.812. The lowest BCUT2D eigenvalue weighted by Gasteiger charge is -2.54. The van der Waals surface area contributed by atoms with Gasteiger partial charge in [0.1, 0.15) is 0 Å². The van der Waals surface area contributed by atoms with Gasteiger partial charge in [0, 0.05) is 42.6 Å². The molecule has 0 aliphatic carbocycles. The molecule has 0 saturated carbocycles. The minimum atomic E-state index is 0.673. The van der Waals surface area contributed by atoms with E-state index in [0.29, 0.717) is 12.1 Å². The van der Waals surface area contributed by atoms with Crippen LogP contribution >= 0.6 is 0 Å². The number of hydrogen-bond donors (Lipinski definition) is 1. The Kier molecular flexibility index (Phi) is 2.94. The zero-order valence-corrected chi connectivity index (χ0v) is 11.3. The Morgan fingerprint density at radius 2 is 1.72 bits per heavy atom. The SMILES string of the molecule is CC(C)N1CC2CCC1CN2c1ccc(N)cc1. The summed E-state index contributed by atoms with van der Waals surface area (Å²) >= 11 is 0. The van der Waals surface area contributed by atoms with Gasteiger partial charge >= 0.3 is 0 Å². The highest BCUT2D eigenvalue weighted by molar-refractivity contribution is 5.54. The summed E-state index contributed by atoms with van der Waals surface area (Å²) in [4.78, 5) is 5.24. The van der Waals surface area contributed by atoms with Crippen molar-refractivity contribution in [1.29, 1.82) is 0 Å². The molecule has 0 amide bonds. The van der Waals surface area contributed by atoms with Gasteiger partial charge in [0.25, 0.3) is 0 Å². The second kappa shape index (κ2) is 4.47. The van der Waals surface area contributed by atoms with E-state index < -0.39 is 0 Å². The van der Waals surface area contributed by atoms with Crippen LogP contribution in [0, 0.1) is 0 Å². The minimum absolute atomic E-state index is 0.673. The highest BCUT2D eigenvalue weighted by atomic mass is 15.3. The van der Waals surface area contributed by atoms with Gasteiger partial charge in [-0.2, -0.15) is 0 Å². The fraction of sp³-hybridized carbons (Fsp3) is 0.600. The maximum Gasteiger partial charge on any atom is 0.0418 e. The number of fused-ring (bicyclic) bond motifs is 3. The van der Waals surface area contributed by atoms with Crippen LogP contribution in [-0.2, 0) is 0 Å². The molecule has 2 N–H and O–H groups in total. The van der Waals surface area contributed by atoms with Crippen LogP contribution in [0.4, 0.5) is 11.4 Å². The minimum Gasteiger partial charge on any atom is -0.399 e. The van der Waals surface area contributed by atoms with Gasteiger partial charge < -0.3 is 10.6 Å². The first-order chi connectivity index (χ1) is 8.65. The number of benzene rings is 1.